The first-order valence-corrected chi connectivity index (χ1v) is 9.15. The summed E-state index contributed by atoms with van der Waals surface area (Å²) in [5, 5.41) is 4.26. The molecule has 1 amide bonds. The number of amides is 1. The summed E-state index contributed by atoms with van der Waals surface area (Å²) in [5.41, 5.74) is 2.06. The third kappa shape index (κ3) is 3.57. The quantitative estimate of drug-likeness (QED) is 0.709. The van der Waals surface area contributed by atoms with Gasteiger partial charge in [-0.05, 0) is 40.5 Å². The zero-order chi connectivity index (χ0) is 18.8. The van der Waals surface area contributed by atoms with Crippen LogP contribution >= 0.6 is 15.9 Å². The first kappa shape index (κ1) is 18.7. The van der Waals surface area contributed by atoms with E-state index in [2.05, 4.69) is 21.0 Å². The van der Waals surface area contributed by atoms with Crippen LogP contribution in [-0.2, 0) is 11.8 Å². The van der Waals surface area contributed by atoms with E-state index in [4.69, 9.17) is 0 Å². The second-order valence-electron chi connectivity index (χ2n) is 6.33. The second kappa shape index (κ2) is 7.67. The van der Waals surface area contributed by atoms with Crippen LogP contribution in [0.1, 0.15) is 27.8 Å². The molecule has 1 aromatic heterocycles. The topological polar surface area (TPSA) is 58.4 Å². The predicted molar refractivity (Wildman–Crippen MR) is 98.3 cm³/mol. The van der Waals surface area contributed by atoms with Crippen LogP contribution in [0.2, 0.25) is 0 Å². The number of nitrogens with zero attached hydrogens (tertiary/aromatic N) is 4. The molecule has 2 aromatic rings. The Kier molecular flexibility index (Phi) is 5.52. The Bertz CT molecular complexity index is 813. The first-order chi connectivity index (χ1) is 12.4. The average Bonchev–Trinajstić information content (AvgIpc) is 2.89. The number of halogens is 2. The fraction of sp³-hybridized carbons (Fsp3) is 0.389. The molecule has 1 aliphatic heterocycles. The molecule has 0 radical (unpaired) electrons. The Hall–Kier alpha value is -2.06. The average molecular weight is 423 g/mol. The highest BCUT2D eigenvalue weighted by molar-refractivity contribution is 9.10. The van der Waals surface area contributed by atoms with Crippen molar-refractivity contribution in [2.24, 2.45) is 7.05 Å². The largest absolute Gasteiger partial charge is 0.335 e. The summed E-state index contributed by atoms with van der Waals surface area (Å²) in [4.78, 5) is 28.2. The molecule has 1 fully saturated rings. The van der Waals surface area contributed by atoms with Gasteiger partial charge in [0.25, 0.3) is 5.91 Å². The normalized spacial score (nSPS) is 16.5. The standard InChI is InChI=1S/C18H20BrFN4O2/c1-12-16(19)17(22(2)21-12)18(26)24-9-7-23(8-10-24)15(11-25)13-3-5-14(20)6-4-13/h3-6,11,15H,7-10H2,1-2H3. The SMILES string of the molecule is Cc1nn(C)c(C(=O)N2CCN(C(C=O)c3ccc(F)cc3)CC2)c1Br. The number of carbonyl (C=O) groups is 2. The molecule has 1 atom stereocenters. The van der Waals surface area contributed by atoms with Crippen LogP contribution in [0.3, 0.4) is 0 Å². The van der Waals surface area contributed by atoms with Crippen LogP contribution in [0.5, 0.6) is 0 Å². The Balaban J connectivity index is 1.69. The lowest BCUT2D eigenvalue weighted by Gasteiger charge is -2.37. The summed E-state index contributed by atoms with van der Waals surface area (Å²) in [7, 11) is 1.75. The zero-order valence-corrected chi connectivity index (χ0v) is 16.2. The number of hydrogen-bond acceptors (Lipinski definition) is 4. The molecular weight excluding hydrogens is 403 g/mol. The minimum absolute atomic E-state index is 0.0796. The van der Waals surface area contributed by atoms with Crippen molar-refractivity contribution in [3.05, 3.63) is 51.5 Å². The second-order valence-corrected chi connectivity index (χ2v) is 7.13. The van der Waals surface area contributed by atoms with Gasteiger partial charge >= 0.3 is 0 Å². The molecule has 1 unspecified atom stereocenters. The van der Waals surface area contributed by atoms with Gasteiger partial charge in [-0.15, -0.1) is 0 Å². The third-order valence-electron chi connectivity index (χ3n) is 4.69. The maximum absolute atomic E-state index is 13.1. The van der Waals surface area contributed by atoms with E-state index in [-0.39, 0.29) is 11.7 Å². The molecule has 0 saturated carbocycles. The lowest BCUT2D eigenvalue weighted by Crippen LogP contribution is -2.50. The van der Waals surface area contributed by atoms with Gasteiger partial charge in [0.1, 0.15) is 17.8 Å². The highest BCUT2D eigenvalue weighted by Gasteiger charge is 2.30. The molecule has 6 nitrogen and oxygen atoms in total. The molecule has 1 aromatic carbocycles. The Labute approximate surface area is 159 Å². The molecule has 1 saturated heterocycles. The summed E-state index contributed by atoms with van der Waals surface area (Å²) in [5.74, 6) is -0.407. The smallest absolute Gasteiger partial charge is 0.273 e. The Morgan fingerprint density at radius 2 is 1.85 bits per heavy atom. The van der Waals surface area contributed by atoms with Crippen LogP contribution < -0.4 is 0 Å². The van der Waals surface area contributed by atoms with Crippen molar-refractivity contribution in [1.82, 2.24) is 19.6 Å². The van der Waals surface area contributed by atoms with E-state index in [1.54, 1.807) is 28.8 Å². The van der Waals surface area contributed by atoms with E-state index in [0.29, 0.717) is 36.3 Å². The van der Waals surface area contributed by atoms with Gasteiger partial charge in [-0.3, -0.25) is 14.4 Å². The summed E-state index contributed by atoms with van der Waals surface area (Å²) in [6, 6.07) is 5.53. The summed E-state index contributed by atoms with van der Waals surface area (Å²) < 4.78 is 15.4. The lowest BCUT2D eigenvalue weighted by molar-refractivity contribution is -0.113. The maximum atomic E-state index is 13.1. The number of aldehydes is 1. The van der Waals surface area contributed by atoms with Crippen LogP contribution in [0.4, 0.5) is 4.39 Å². The van der Waals surface area contributed by atoms with Crippen molar-refractivity contribution >= 4 is 28.1 Å². The van der Waals surface area contributed by atoms with Gasteiger partial charge < -0.3 is 9.69 Å². The molecule has 0 spiro atoms. The maximum Gasteiger partial charge on any atom is 0.273 e. The fourth-order valence-electron chi connectivity index (χ4n) is 3.25. The van der Waals surface area contributed by atoms with Crippen LogP contribution in [0.25, 0.3) is 0 Å². The van der Waals surface area contributed by atoms with Crippen molar-refractivity contribution < 1.29 is 14.0 Å². The van der Waals surface area contributed by atoms with Crippen molar-refractivity contribution in [2.75, 3.05) is 26.2 Å². The van der Waals surface area contributed by atoms with Gasteiger partial charge in [-0.1, -0.05) is 12.1 Å². The molecule has 138 valence electrons. The van der Waals surface area contributed by atoms with E-state index in [1.165, 1.54) is 12.1 Å². The number of benzene rings is 1. The third-order valence-corrected chi connectivity index (χ3v) is 5.64. The molecule has 0 bridgehead atoms. The van der Waals surface area contributed by atoms with Crippen LogP contribution in [-0.4, -0.2) is 58.0 Å². The number of aromatic nitrogens is 2. The number of piperazine rings is 1. The molecule has 8 heteroatoms. The minimum atomic E-state index is -0.432. The van der Waals surface area contributed by atoms with E-state index in [9.17, 15) is 14.0 Å². The summed E-state index contributed by atoms with van der Waals surface area (Å²) in [6.07, 6.45) is 0.867. The number of carbonyl (C=O) groups excluding carboxylic acids is 2. The van der Waals surface area contributed by atoms with Crippen molar-refractivity contribution in [3.8, 4) is 0 Å². The van der Waals surface area contributed by atoms with Crippen LogP contribution in [0.15, 0.2) is 28.7 Å². The molecule has 26 heavy (non-hydrogen) atoms. The number of aryl methyl sites for hydroxylation is 2. The zero-order valence-electron chi connectivity index (χ0n) is 14.7. The van der Waals surface area contributed by atoms with Gasteiger partial charge in [0.15, 0.2) is 0 Å². The number of hydrogen-bond donors (Lipinski definition) is 0. The summed E-state index contributed by atoms with van der Waals surface area (Å²) in [6.45, 7) is 4.01. The van der Waals surface area contributed by atoms with E-state index >= 15 is 0 Å². The molecule has 3 rings (SSSR count). The van der Waals surface area contributed by atoms with Crippen LogP contribution in [0, 0.1) is 12.7 Å². The van der Waals surface area contributed by atoms with Gasteiger partial charge in [0, 0.05) is 33.2 Å². The minimum Gasteiger partial charge on any atom is -0.335 e. The molecular formula is C18H20BrFN4O2. The van der Waals surface area contributed by atoms with E-state index in [1.807, 2.05) is 11.8 Å². The monoisotopic (exact) mass is 422 g/mol. The van der Waals surface area contributed by atoms with Crippen molar-refractivity contribution in [3.63, 3.8) is 0 Å². The summed E-state index contributed by atoms with van der Waals surface area (Å²) >= 11 is 3.43. The predicted octanol–water partition coefficient (Wildman–Crippen LogP) is 2.33. The Morgan fingerprint density at radius 1 is 1.23 bits per heavy atom. The first-order valence-electron chi connectivity index (χ1n) is 8.35. The Morgan fingerprint density at radius 3 is 2.35 bits per heavy atom. The molecule has 1 aliphatic rings. The van der Waals surface area contributed by atoms with Crippen molar-refractivity contribution in [1.29, 1.82) is 0 Å². The highest BCUT2D eigenvalue weighted by Crippen LogP contribution is 2.24. The van der Waals surface area contributed by atoms with Gasteiger partial charge in [0.2, 0.25) is 0 Å². The number of rotatable bonds is 4. The fourth-order valence-corrected chi connectivity index (χ4v) is 3.76. The molecule has 2 heterocycles. The highest BCUT2D eigenvalue weighted by atomic mass is 79.9. The lowest BCUT2D eigenvalue weighted by atomic mass is 10.1. The van der Waals surface area contributed by atoms with Crippen molar-refractivity contribution in [2.45, 2.75) is 13.0 Å². The van der Waals surface area contributed by atoms with Gasteiger partial charge in [0.05, 0.1) is 16.2 Å². The van der Waals surface area contributed by atoms with E-state index in [0.717, 1.165) is 17.5 Å². The molecule has 0 aliphatic carbocycles. The van der Waals surface area contributed by atoms with E-state index < -0.39 is 6.04 Å². The van der Waals surface area contributed by atoms with Gasteiger partial charge in [-0.2, -0.15) is 5.10 Å². The van der Waals surface area contributed by atoms with Gasteiger partial charge in [-0.25, -0.2) is 4.39 Å². The molecule has 0 N–H and O–H groups in total.